The highest BCUT2D eigenvalue weighted by atomic mass is 35.5. The van der Waals surface area contributed by atoms with E-state index in [9.17, 15) is 9.90 Å². The number of benzene rings is 4. The van der Waals surface area contributed by atoms with Crippen LogP contribution >= 0.6 is 23.2 Å². The van der Waals surface area contributed by atoms with Crippen LogP contribution in [0.3, 0.4) is 0 Å². The van der Waals surface area contributed by atoms with Crippen molar-refractivity contribution in [3.05, 3.63) is 107 Å². The molecule has 0 saturated heterocycles. The number of nitrogens with one attached hydrogen (secondary N) is 3. The van der Waals surface area contributed by atoms with Crippen LogP contribution in [0.2, 0.25) is 10.0 Å². The molecule has 1 unspecified atom stereocenters. The Bertz CT molecular complexity index is 1480. The van der Waals surface area contributed by atoms with Crippen molar-refractivity contribution in [2.24, 2.45) is 0 Å². The van der Waals surface area contributed by atoms with E-state index in [1.807, 2.05) is 48.5 Å². The standard InChI is InChI=1S/C27H20Cl2N4O2/c28-17-13-18(29)15-20(14-17)31-27(35)30-19-7-5-6-16(12-19)26(34)33-25-21-8-1-3-10-23(21)32-24-11-4-2-9-22(24)25/h1-15,26,34H,(H,32,33)(H2,30,31,35). The Hall–Kier alpha value is -3.84. The number of fused-ring (bicyclic) bond motifs is 2. The van der Waals surface area contributed by atoms with E-state index in [4.69, 9.17) is 28.2 Å². The minimum Gasteiger partial charge on any atom is -0.369 e. The minimum absolute atomic E-state index is 0.417. The van der Waals surface area contributed by atoms with Crippen LogP contribution in [0.15, 0.2) is 91.0 Å². The van der Waals surface area contributed by atoms with E-state index < -0.39 is 12.3 Å². The number of urea groups is 1. The van der Waals surface area contributed by atoms with Gasteiger partial charge in [0, 0.05) is 37.8 Å². The van der Waals surface area contributed by atoms with Crippen LogP contribution in [0, 0.1) is 0 Å². The highest BCUT2D eigenvalue weighted by molar-refractivity contribution is 6.35. The highest BCUT2D eigenvalue weighted by Crippen LogP contribution is 2.33. The lowest BCUT2D eigenvalue weighted by Crippen LogP contribution is -2.19. The Morgan fingerprint density at radius 3 is 2.00 bits per heavy atom. The maximum absolute atomic E-state index is 12.5. The zero-order chi connectivity index (χ0) is 24.4. The number of pyridine rings is 1. The van der Waals surface area contributed by atoms with E-state index in [0.717, 1.165) is 27.5 Å². The van der Waals surface area contributed by atoms with Gasteiger partial charge in [0.25, 0.3) is 0 Å². The van der Waals surface area contributed by atoms with Gasteiger partial charge in [0.1, 0.15) is 0 Å². The predicted octanol–water partition coefficient (Wildman–Crippen LogP) is 7.44. The van der Waals surface area contributed by atoms with Gasteiger partial charge in [0.15, 0.2) is 6.23 Å². The molecule has 0 saturated carbocycles. The quantitative estimate of drug-likeness (QED) is 0.148. The first kappa shape index (κ1) is 22.9. The number of aliphatic hydroxyl groups excluding tert-OH is 1. The summed E-state index contributed by atoms with van der Waals surface area (Å²) in [6.45, 7) is 0. The third kappa shape index (κ3) is 5.15. The van der Waals surface area contributed by atoms with Crippen LogP contribution < -0.4 is 16.0 Å². The molecule has 5 rings (SSSR count). The third-order valence-corrected chi connectivity index (χ3v) is 5.89. The number of aromatic nitrogens is 1. The number of aliphatic hydroxyl groups is 1. The summed E-state index contributed by atoms with van der Waals surface area (Å²) in [5.41, 5.74) is 4.00. The van der Waals surface area contributed by atoms with Crippen molar-refractivity contribution in [1.82, 2.24) is 4.98 Å². The number of amides is 2. The first-order valence-corrected chi connectivity index (χ1v) is 11.6. The number of halogens is 2. The number of carbonyl (C=O) groups excluding carboxylic acids is 1. The van der Waals surface area contributed by atoms with Crippen LogP contribution in [0.25, 0.3) is 21.8 Å². The second kappa shape index (κ2) is 9.80. The molecule has 8 heteroatoms. The van der Waals surface area contributed by atoms with Gasteiger partial charge in [-0.2, -0.15) is 0 Å². The van der Waals surface area contributed by atoms with Crippen molar-refractivity contribution in [3.8, 4) is 0 Å². The molecule has 6 nitrogen and oxygen atoms in total. The van der Waals surface area contributed by atoms with Crippen molar-refractivity contribution in [2.45, 2.75) is 6.23 Å². The Kier molecular flexibility index (Phi) is 6.42. The van der Waals surface area contributed by atoms with Crippen LogP contribution in [-0.4, -0.2) is 16.1 Å². The monoisotopic (exact) mass is 502 g/mol. The van der Waals surface area contributed by atoms with Crippen molar-refractivity contribution in [1.29, 1.82) is 0 Å². The lowest BCUT2D eigenvalue weighted by atomic mass is 10.1. The highest BCUT2D eigenvalue weighted by Gasteiger charge is 2.14. The maximum atomic E-state index is 12.5. The summed E-state index contributed by atoms with van der Waals surface area (Å²) in [4.78, 5) is 17.2. The molecule has 174 valence electrons. The maximum Gasteiger partial charge on any atom is 0.323 e. The minimum atomic E-state index is -1.03. The average molecular weight is 503 g/mol. The Morgan fingerprint density at radius 2 is 1.34 bits per heavy atom. The van der Waals surface area contributed by atoms with Crippen LogP contribution in [-0.2, 0) is 0 Å². The van der Waals surface area contributed by atoms with E-state index in [-0.39, 0.29) is 0 Å². The molecule has 1 heterocycles. The van der Waals surface area contributed by atoms with Gasteiger partial charge >= 0.3 is 6.03 Å². The summed E-state index contributed by atoms with van der Waals surface area (Å²) in [6, 6.07) is 26.8. The van der Waals surface area contributed by atoms with Crippen molar-refractivity contribution < 1.29 is 9.90 Å². The third-order valence-electron chi connectivity index (χ3n) is 5.45. The largest absolute Gasteiger partial charge is 0.369 e. The summed E-state index contributed by atoms with van der Waals surface area (Å²) >= 11 is 12.0. The molecule has 2 amide bonds. The second-order valence-electron chi connectivity index (χ2n) is 7.93. The first-order chi connectivity index (χ1) is 17.0. The summed E-state index contributed by atoms with van der Waals surface area (Å²) in [7, 11) is 0. The van der Waals surface area contributed by atoms with Gasteiger partial charge in [-0.3, -0.25) is 0 Å². The fourth-order valence-corrected chi connectivity index (χ4v) is 4.45. The lowest BCUT2D eigenvalue weighted by Gasteiger charge is -2.19. The van der Waals surface area contributed by atoms with Crippen LogP contribution in [0.5, 0.6) is 0 Å². The Morgan fingerprint density at radius 1 is 0.743 bits per heavy atom. The molecular weight excluding hydrogens is 483 g/mol. The van der Waals surface area contributed by atoms with Gasteiger partial charge in [-0.05, 0) is 42.5 Å². The van der Waals surface area contributed by atoms with E-state index in [1.54, 1.807) is 42.5 Å². The number of nitrogens with zero attached hydrogens (tertiary/aromatic N) is 1. The number of rotatable bonds is 5. The van der Waals surface area contributed by atoms with Gasteiger partial charge in [0.2, 0.25) is 0 Å². The zero-order valence-corrected chi connectivity index (χ0v) is 19.8. The second-order valence-corrected chi connectivity index (χ2v) is 8.80. The van der Waals surface area contributed by atoms with Crippen LogP contribution in [0.1, 0.15) is 11.8 Å². The number of para-hydroxylation sites is 2. The summed E-state index contributed by atoms with van der Waals surface area (Å²) in [5, 5.41) is 22.4. The molecule has 35 heavy (non-hydrogen) atoms. The van der Waals surface area contributed by atoms with Gasteiger partial charge in [-0.25, -0.2) is 9.78 Å². The smallest absolute Gasteiger partial charge is 0.323 e. The van der Waals surface area contributed by atoms with Gasteiger partial charge < -0.3 is 21.1 Å². The van der Waals surface area contributed by atoms with E-state index in [0.29, 0.717) is 27.0 Å². The number of hydrogen-bond acceptors (Lipinski definition) is 4. The van der Waals surface area contributed by atoms with Crippen molar-refractivity contribution in [2.75, 3.05) is 16.0 Å². The van der Waals surface area contributed by atoms with Crippen molar-refractivity contribution in [3.63, 3.8) is 0 Å². The first-order valence-electron chi connectivity index (χ1n) is 10.8. The molecule has 0 aliphatic rings. The normalized spacial score (nSPS) is 11.9. The molecule has 0 aliphatic carbocycles. The lowest BCUT2D eigenvalue weighted by molar-refractivity contribution is 0.208. The molecular formula is C27H20Cl2N4O2. The summed E-state index contributed by atoms with van der Waals surface area (Å²) in [6.07, 6.45) is -1.03. The van der Waals surface area contributed by atoms with Crippen molar-refractivity contribution >= 4 is 68.1 Å². The summed E-state index contributed by atoms with van der Waals surface area (Å²) in [5.74, 6) is 0. The summed E-state index contributed by atoms with van der Waals surface area (Å²) < 4.78 is 0. The van der Waals surface area contributed by atoms with E-state index in [1.165, 1.54) is 0 Å². The molecule has 4 aromatic carbocycles. The number of carbonyl (C=O) groups is 1. The molecule has 0 bridgehead atoms. The number of hydrogen-bond donors (Lipinski definition) is 4. The number of anilines is 3. The van der Waals surface area contributed by atoms with E-state index >= 15 is 0 Å². The molecule has 4 N–H and O–H groups in total. The fourth-order valence-electron chi connectivity index (χ4n) is 3.92. The van der Waals surface area contributed by atoms with E-state index in [2.05, 4.69) is 16.0 Å². The SMILES string of the molecule is O=C(Nc1cc(Cl)cc(Cl)c1)Nc1cccc(C(O)Nc2c3ccccc3nc3ccccc23)c1. The van der Waals surface area contributed by atoms with Gasteiger partial charge in [-0.15, -0.1) is 0 Å². The molecule has 1 atom stereocenters. The molecule has 0 fully saturated rings. The van der Waals surface area contributed by atoms with Crippen LogP contribution in [0.4, 0.5) is 21.9 Å². The van der Waals surface area contributed by atoms with Gasteiger partial charge in [0.05, 0.1) is 16.7 Å². The van der Waals surface area contributed by atoms with Gasteiger partial charge in [-0.1, -0.05) is 71.7 Å². The zero-order valence-electron chi connectivity index (χ0n) is 18.3. The molecule has 5 aromatic rings. The molecule has 1 aromatic heterocycles. The average Bonchev–Trinajstić information content (AvgIpc) is 2.83. The predicted molar refractivity (Wildman–Crippen MR) is 143 cm³/mol. The molecule has 0 radical (unpaired) electrons. The fraction of sp³-hybridized carbons (Fsp3) is 0.0370. The topological polar surface area (TPSA) is 86.3 Å². The molecule has 0 aliphatic heterocycles. The Labute approximate surface area is 211 Å². The Balaban J connectivity index is 1.38. The molecule has 0 spiro atoms.